The number of hydrogen-bond donors (Lipinski definition) is 2. The van der Waals surface area contributed by atoms with Gasteiger partial charge in [-0.1, -0.05) is 12.2 Å². The Balaban J connectivity index is 3.72. The van der Waals surface area contributed by atoms with Crippen LogP contribution in [0.5, 0.6) is 0 Å². The number of aliphatic hydroxyl groups excluding tert-OH is 1. The first kappa shape index (κ1) is 8.62. The first-order valence-corrected chi connectivity index (χ1v) is 2.71. The van der Waals surface area contributed by atoms with Gasteiger partial charge in [0, 0.05) is 7.11 Å². The van der Waals surface area contributed by atoms with Gasteiger partial charge in [-0.2, -0.15) is 0 Å². The van der Waals surface area contributed by atoms with Crippen LogP contribution in [-0.2, 0) is 4.74 Å². The molecule has 0 aromatic carbocycles. The van der Waals surface area contributed by atoms with Crippen molar-refractivity contribution in [3.05, 3.63) is 12.2 Å². The Morgan fingerprint density at radius 3 is 2.33 bits per heavy atom. The molecule has 2 atom stereocenters. The maximum absolute atomic E-state index is 8.89. The molecule has 3 nitrogen and oxygen atoms in total. The summed E-state index contributed by atoms with van der Waals surface area (Å²) in [4.78, 5) is 0. The summed E-state index contributed by atoms with van der Waals surface area (Å²) in [7, 11) is 1.40. The molecule has 0 saturated carbocycles. The standard InChI is InChI=1S/C6H13NO2/c1-4(2)5(7)6(8)9-3/h5-6,8H,1,7H2,2-3H3/t5-,6?/m1/s1. The zero-order chi connectivity index (χ0) is 7.44. The van der Waals surface area contributed by atoms with Crippen LogP contribution in [0.4, 0.5) is 0 Å². The van der Waals surface area contributed by atoms with Gasteiger partial charge in [0.15, 0.2) is 6.29 Å². The second-order valence-electron chi connectivity index (χ2n) is 2.00. The van der Waals surface area contributed by atoms with Crippen LogP contribution in [-0.4, -0.2) is 24.5 Å². The Morgan fingerprint density at radius 2 is 2.22 bits per heavy atom. The topological polar surface area (TPSA) is 55.5 Å². The van der Waals surface area contributed by atoms with Crippen LogP contribution >= 0.6 is 0 Å². The first-order valence-electron chi connectivity index (χ1n) is 2.71. The normalized spacial score (nSPS) is 16.9. The van der Waals surface area contributed by atoms with E-state index in [0.29, 0.717) is 5.57 Å². The summed E-state index contributed by atoms with van der Waals surface area (Å²) in [5, 5.41) is 8.89. The fraction of sp³-hybridized carbons (Fsp3) is 0.667. The predicted octanol–water partition coefficient (Wildman–Crippen LogP) is -0.145. The van der Waals surface area contributed by atoms with Crippen LogP contribution in [0.3, 0.4) is 0 Å². The third-order valence-corrected chi connectivity index (χ3v) is 1.12. The van der Waals surface area contributed by atoms with E-state index in [9.17, 15) is 0 Å². The van der Waals surface area contributed by atoms with Crippen molar-refractivity contribution in [1.29, 1.82) is 0 Å². The van der Waals surface area contributed by atoms with Gasteiger partial charge in [0.25, 0.3) is 0 Å². The van der Waals surface area contributed by atoms with Crippen LogP contribution in [0.15, 0.2) is 12.2 Å². The number of rotatable bonds is 3. The minimum Gasteiger partial charge on any atom is -0.366 e. The highest BCUT2D eigenvalue weighted by Gasteiger charge is 2.12. The summed E-state index contributed by atoms with van der Waals surface area (Å²) in [5.74, 6) is 0. The number of methoxy groups -OCH3 is 1. The van der Waals surface area contributed by atoms with Gasteiger partial charge in [-0.3, -0.25) is 0 Å². The average molecular weight is 131 g/mol. The van der Waals surface area contributed by atoms with Gasteiger partial charge in [0.2, 0.25) is 0 Å². The zero-order valence-electron chi connectivity index (χ0n) is 5.79. The fourth-order valence-corrected chi connectivity index (χ4v) is 0.390. The lowest BCUT2D eigenvalue weighted by molar-refractivity contribution is -0.0821. The molecule has 0 radical (unpaired) electrons. The summed E-state index contributed by atoms with van der Waals surface area (Å²) in [6.07, 6.45) is -0.928. The second-order valence-corrected chi connectivity index (χ2v) is 2.00. The molecule has 0 aromatic heterocycles. The molecule has 0 aromatic rings. The van der Waals surface area contributed by atoms with Gasteiger partial charge in [-0.05, 0) is 6.92 Å². The molecule has 0 aliphatic rings. The monoisotopic (exact) mass is 131 g/mol. The van der Waals surface area contributed by atoms with Crippen LogP contribution in [0.25, 0.3) is 0 Å². The molecule has 54 valence electrons. The van der Waals surface area contributed by atoms with Crippen molar-refractivity contribution < 1.29 is 9.84 Å². The van der Waals surface area contributed by atoms with Gasteiger partial charge >= 0.3 is 0 Å². The number of nitrogens with two attached hydrogens (primary N) is 1. The molecule has 0 saturated heterocycles. The number of hydrogen-bond acceptors (Lipinski definition) is 3. The molecule has 0 aliphatic carbocycles. The molecule has 0 fully saturated rings. The van der Waals surface area contributed by atoms with Crippen molar-refractivity contribution in [3.63, 3.8) is 0 Å². The molecule has 1 unspecified atom stereocenters. The number of ether oxygens (including phenoxy) is 1. The Morgan fingerprint density at radius 1 is 1.78 bits per heavy atom. The van der Waals surface area contributed by atoms with Crippen LogP contribution in [0, 0.1) is 0 Å². The molecule has 9 heavy (non-hydrogen) atoms. The van der Waals surface area contributed by atoms with E-state index in [1.165, 1.54) is 7.11 Å². The van der Waals surface area contributed by atoms with Gasteiger partial charge < -0.3 is 15.6 Å². The molecule has 0 amide bonds. The SMILES string of the molecule is C=C(C)[C@@H](N)C(O)OC. The van der Waals surface area contributed by atoms with Crippen molar-refractivity contribution in [2.24, 2.45) is 5.73 Å². The number of aliphatic hydroxyl groups is 1. The van der Waals surface area contributed by atoms with E-state index in [1.807, 2.05) is 0 Å². The third-order valence-electron chi connectivity index (χ3n) is 1.12. The molecule has 0 spiro atoms. The van der Waals surface area contributed by atoms with E-state index in [1.54, 1.807) is 6.92 Å². The van der Waals surface area contributed by atoms with E-state index in [4.69, 9.17) is 10.8 Å². The molecular formula is C6H13NO2. The Labute approximate surface area is 55.1 Å². The first-order chi connectivity index (χ1) is 4.09. The maximum Gasteiger partial charge on any atom is 0.173 e. The quantitative estimate of drug-likeness (QED) is 0.414. The fourth-order valence-electron chi connectivity index (χ4n) is 0.390. The lowest BCUT2D eigenvalue weighted by Gasteiger charge is -2.16. The lowest BCUT2D eigenvalue weighted by Crippen LogP contribution is -2.36. The Hall–Kier alpha value is -0.380. The maximum atomic E-state index is 8.89. The summed E-state index contributed by atoms with van der Waals surface area (Å²) >= 11 is 0. The smallest absolute Gasteiger partial charge is 0.173 e. The average Bonchev–Trinajstić information content (AvgIpc) is 1.84. The van der Waals surface area contributed by atoms with Crippen molar-refractivity contribution in [1.82, 2.24) is 0 Å². The largest absolute Gasteiger partial charge is 0.366 e. The van der Waals surface area contributed by atoms with Crippen LogP contribution in [0.1, 0.15) is 6.92 Å². The van der Waals surface area contributed by atoms with Gasteiger partial charge in [-0.15, -0.1) is 0 Å². The van der Waals surface area contributed by atoms with E-state index in [2.05, 4.69) is 11.3 Å². The summed E-state index contributed by atoms with van der Waals surface area (Å²) in [6, 6.07) is -0.477. The molecule has 0 aliphatic heterocycles. The van der Waals surface area contributed by atoms with Gasteiger partial charge in [-0.25, -0.2) is 0 Å². The van der Waals surface area contributed by atoms with E-state index in [-0.39, 0.29) is 0 Å². The zero-order valence-corrected chi connectivity index (χ0v) is 5.79. The Bertz CT molecular complexity index is 103. The molecule has 3 heteroatoms. The van der Waals surface area contributed by atoms with Crippen molar-refractivity contribution >= 4 is 0 Å². The second kappa shape index (κ2) is 3.61. The van der Waals surface area contributed by atoms with Gasteiger partial charge in [0.05, 0.1) is 6.04 Å². The van der Waals surface area contributed by atoms with E-state index < -0.39 is 12.3 Å². The minimum atomic E-state index is -0.928. The van der Waals surface area contributed by atoms with Crippen LogP contribution < -0.4 is 5.73 Å². The molecule has 0 heterocycles. The van der Waals surface area contributed by atoms with Gasteiger partial charge in [0.1, 0.15) is 0 Å². The highest BCUT2D eigenvalue weighted by atomic mass is 16.6. The van der Waals surface area contributed by atoms with Crippen molar-refractivity contribution in [2.75, 3.05) is 7.11 Å². The summed E-state index contributed by atoms with van der Waals surface area (Å²) in [6.45, 7) is 5.30. The molecule has 0 rings (SSSR count). The molecule has 3 N–H and O–H groups in total. The van der Waals surface area contributed by atoms with Crippen molar-refractivity contribution in [3.8, 4) is 0 Å². The Kier molecular flexibility index (Phi) is 3.46. The molecule has 0 bridgehead atoms. The predicted molar refractivity (Wildman–Crippen MR) is 35.8 cm³/mol. The van der Waals surface area contributed by atoms with E-state index in [0.717, 1.165) is 0 Å². The third kappa shape index (κ3) is 2.60. The minimum absolute atomic E-state index is 0.477. The van der Waals surface area contributed by atoms with Crippen LogP contribution in [0.2, 0.25) is 0 Å². The van der Waals surface area contributed by atoms with E-state index >= 15 is 0 Å². The highest BCUT2D eigenvalue weighted by Crippen LogP contribution is 1.99. The summed E-state index contributed by atoms with van der Waals surface area (Å²) in [5.41, 5.74) is 6.11. The summed E-state index contributed by atoms with van der Waals surface area (Å²) < 4.78 is 4.54. The highest BCUT2D eigenvalue weighted by molar-refractivity contribution is 5.00. The molecular weight excluding hydrogens is 118 g/mol. The lowest BCUT2D eigenvalue weighted by atomic mass is 10.1. The van der Waals surface area contributed by atoms with Crippen molar-refractivity contribution in [2.45, 2.75) is 19.3 Å².